The van der Waals surface area contributed by atoms with Crippen molar-refractivity contribution in [2.75, 3.05) is 13.1 Å². The van der Waals surface area contributed by atoms with Gasteiger partial charge in [-0.15, -0.1) is 0 Å². The number of amides is 1. The summed E-state index contributed by atoms with van der Waals surface area (Å²) in [5, 5.41) is 18.1. The highest BCUT2D eigenvalue weighted by molar-refractivity contribution is 5.78. The fourth-order valence-corrected chi connectivity index (χ4v) is 3.09. The minimum absolute atomic E-state index is 0.0399. The molecule has 1 amide bonds. The van der Waals surface area contributed by atoms with Crippen LogP contribution >= 0.6 is 0 Å². The Hall–Kier alpha value is -2.19. The SMILES string of the molecule is CCC(C)(C)NC(=O)CN1CCn2nc(C(O)c3nccn3C)cc2C1. The average Bonchev–Trinajstić information content (AvgIpc) is 3.19. The lowest BCUT2D eigenvalue weighted by atomic mass is 10.0. The first-order valence-electron chi connectivity index (χ1n) is 9.04. The Bertz CT molecular complexity index is 778. The molecule has 8 nitrogen and oxygen atoms in total. The number of aliphatic hydroxyl groups is 1. The molecule has 8 heteroatoms. The molecule has 0 bridgehead atoms. The van der Waals surface area contributed by atoms with E-state index in [0.717, 1.165) is 18.7 Å². The van der Waals surface area contributed by atoms with Crippen molar-refractivity contribution in [2.45, 2.75) is 51.9 Å². The highest BCUT2D eigenvalue weighted by atomic mass is 16.3. The fourth-order valence-electron chi connectivity index (χ4n) is 3.09. The quantitative estimate of drug-likeness (QED) is 0.796. The number of carbonyl (C=O) groups excluding carboxylic acids is 1. The van der Waals surface area contributed by atoms with Gasteiger partial charge in [-0.1, -0.05) is 6.92 Å². The number of hydrogen-bond donors (Lipinski definition) is 2. The van der Waals surface area contributed by atoms with Crippen LogP contribution < -0.4 is 5.32 Å². The molecule has 0 aliphatic carbocycles. The molecule has 3 heterocycles. The molecule has 0 radical (unpaired) electrons. The number of imidazole rings is 1. The summed E-state index contributed by atoms with van der Waals surface area (Å²) < 4.78 is 3.70. The van der Waals surface area contributed by atoms with Gasteiger partial charge in [-0.05, 0) is 26.3 Å². The van der Waals surface area contributed by atoms with Crippen LogP contribution in [0.5, 0.6) is 0 Å². The molecule has 0 saturated carbocycles. The summed E-state index contributed by atoms with van der Waals surface area (Å²) >= 11 is 0. The van der Waals surface area contributed by atoms with Gasteiger partial charge < -0.3 is 15.0 Å². The monoisotopic (exact) mass is 360 g/mol. The van der Waals surface area contributed by atoms with Gasteiger partial charge in [-0.3, -0.25) is 14.4 Å². The third-order valence-electron chi connectivity index (χ3n) is 5.01. The van der Waals surface area contributed by atoms with Crippen LogP contribution in [0.15, 0.2) is 18.5 Å². The molecule has 142 valence electrons. The van der Waals surface area contributed by atoms with E-state index in [9.17, 15) is 9.90 Å². The maximum absolute atomic E-state index is 12.3. The third-order valence-corrected chi connectivity index (χ3v) is 5.01. The maximum Gasteiger partial charge on any atom is 0.234 e. The third kappa shape index (κ3) is 3.96. The zero-order chi connectivity index (χ0) is 18.9. The van der Waals surface area contributed by atoms with Gasteiger partial charge in [0, 0.05) is 38.1 Å². The van der Waals surface area contributed by atoms with E-state index in [1.54, 1.807) is 17.0 Å². The fraction of sp³-hybridized carbons (Fsp3) is 0.611. The van der Waals surface area contributed by atoms with Gasteiger partial charge in [-0.25, -0.2) is 4.98 Å². The van der Waals surface area contributed by atoms with Crippen molar-refractivity contribution in [1.29, 1.82) is 0 Å². The Kier molecular flexibility index (Phi) is 5.15. The Balaban J connectivity index is 1.65. The Labute approximate surface area is 153 Å². The Morgan fingerprint density at radius 1 is 1.42 bits per heavy atom. The van der Waals surface area contributed by atoms with E-state index in [-0.39, 0.29) is 11.4 Å². The van der Waals surface area contributed by atoms with E-state index >= 15 is 0 Å². The largest absolute Gasteiger partial charge is 0.379 e. The second kappa shape index (κ2) is 7.20. The number of aliphatic hydroxyl groups excluding tert-OH is 1. The van der Waals surface area contributed by atoms with Gasteiger partial charge in [0.1, 0.15) is 5.82 Å². The average molecular weight is 360 g/mol. The van der Waals surface area contributed by atoms with Crippen LogP contribution in [0.2, 0.25) is 0 Å². The van der Waals surface area contributed by atoms with Gasteiger partial charge in [0.2, 0.25) is 5.91 Å². The topological polar surface area (TPSA) is 88.2 Å². The highest BCUT2D eigenvalue weighted by Crippen LogP contribution is 2.22. The molecule has 2 aromatic heterocycles. The summed E-state index contributed by atoms with van der Waals surface area (Å²) in [6.07, 6.45) is 3.49. The molecule has 1 atom stereocenters. The minimum Gasteiger partial charge on any atom is -0.379 e. The molecule has 0 fully saturated rings. The molecule has 26 heavy (non-hydrogen) atoms. The van der Waals surface area contributed by atoms with Crippen molar-refractivity contribution in [2.24, 2.45) is 7.05 Å². The molecule has 0 saturated heterocycles. The lowest BCUT2D eigenvalue weighted by molar-refractivity contribution is -0.124. The summed E-state index contributed by atoms with van der Waals surface area (Å²) in [7, 11) is 1.85. The Morgan fingerprint density at radius 3 is 2.85 bits per heavy atom. The van der Waals surface area contributed by atoms with Crippen molar-refractivity contribution < 1.29 is 9.90 Å². The summed E-state index contributed by atoms with van der Waals surface area (Å²) in [4.78, 5) is 18.6. The summed E-state index contributed by atoms with van der Waals surface area (Å²) in [6.45, 7) is 8.59. The molecule has 1 aliphatic rings. The van der Waals surface area contributed by atoms with Gasteiger partial charge >= 0.3 is 0 Å². The van der Waals surface area contributed by atoms with E-state index in [1.807, 2.05) is 31.6 Å². The van der Waals surface area contributed by atoms with E-state index in [4.69, 9.17) is 0 Å². The van der Waals surface area contributed by atoms with Crippen molar-refractivity contribution in [1.82, 2.24) is 29.5 Å². The lowest BCUT2D eigenvalue weighted by Crippen LogP contribution is -2.48. The summed E-state index contributed by atoms with van der Waals surface area (Å²) in [6, 6.07) is 1.90. The zero-order valence-corrected chi connectivity index (χ0v) is 15.9. The first kappa shape index (κ1) is 18.6. The molecule has 0 aromatic carbocycles. The normalized spacial score (nSPS) is 16.3. The van der Waals surface area contributed by atoms with Crippen LogP contribution in [-0.4, -0.2) is 53.9 Å². The molecule has 3 rings (SSSR count). The number of carbonyl (C=O) groups is 1. The molecular weight excluding hydrogens is 332 g/mol. The number of hydrogen-bond acceptors (Lipinski definition) is 5. The smallest absolute Gasteiger partial charge is 0.234 e. The van der Waals surface area contributed by atoms with E-state index in [0.29, 0.717) is 31.2 Å². The minimum atomic E-state index is -0.852. The van der Waals surface area contributed by atoms with Crippen molar-refractivity contribution in [3.05, 3.63) is 35.7 Å². The number of nitrogens with zero attached hydrogens (tertiary/aromatic N) is 5. The Morgan fingerprint density at radius 2 is 2.19 bits per heavy atom. The number of aryl methyl sites for hydroxylation is 1. The molecule has 1 aliphatic heterocycles. The van der Waals surface area contributed by atoms with Crippen LogP contribution in [0.3, 0.4) is 0 Å². The van der Waals surface area contributed by atoms with Gasteiger partial charge in [0.25, 0.3) is 0 Å². The van der Waals surface area contributed by atoms with Crippen molar-refractivity contribution >= 4 is 5.91 Å². The second-order valence-electron chi connectivity index (χ2n) is 7.58. The van der Waals surface area contributed by atoms with Gasteiger partial charge in [-0.2, -0.15) is 5.10 Å². The van der Waals surface area contributed by atoms with Crippen LogP contribution in [0.4, 0.5) is 0 Å². The number of nitrogens with one attached hydrogen (secondary N) is 1. The maximum atomic E-state index is 12.3. The van der Waals surface area contributed by atoms with E-state index in [1.165, 1.54) is 0 Å². The first-order chi connectivity index (χ1) is 12.3. The van der Waals surface area contributed by atoms with Gasteiger partial charge in [0.15, 0.2) is 6.10 Å². The van der Waals surface area contributed by atoms with Crippen LogP contribution in [0.25, 0.3) is 0 Å². The molecule has 2 aromatic rings. The molecule has 2 N–H and O–H groups in total. The zero-order valence-electron chi connectivity index (χ0n) is 15.9. The van der Waals surface area contributed by atoms with Gasteiger partial charge in [0.05, 0.1) is 24.5 Å². The first-order valence-corrected chi connectivity index (χ1v) is 9.04. The van der Waals surface area contributed by atoms with Crippen LogP contribution in [0.1, 0.15) is 50.5 Å². The van der Waals surface area contributed by atoms with Crippen molar-refractivity contribution in [3.63, 3.8) is 0 Å². The predicted molar refractivity (Wildman–Crippen MR) is 97.3 cm³/mol. The van der Waals surface area contributed by atoms with Crippen LogP contribution in [-0.2, 0) is 24.9 Å². The van der Waals surface area contributed by atoms with E-state index < -0.39 is 6.10 Å². The summed E-state index contributed by atoms with van der Waals surface area (Å²) in [5.74, 6) is 0.608. The standard InChI is InChI=1S/C18H28N6O2/c1-5-18(2,3)20-15(25)12-23-8-9-24-13(11-23)10-14(21-24)16(26)17-19-6-7-22(17)4/h6-7,10,16,26H,5,8-9,11-12H2,1-4H3,(H,20,25). The van der Waals surface area contributed by atoms with E-state index in [2.05, 4.69) is 27.2 Å². The number of rotatable bonds is 6. The molecule has 0 spiro atoms. The second-order valence-corrected chi connectivity index (χ2v) is 7.58. The highest BCUT2D eigenvalue weighted by Gasteiger charge is 2.25. The number of aromatic nitrogens is 4. The molecule has 1 unspecified atom stereocenters. The predicted octanol–water partition coefficient (Wildman–Crippen LogP) is 0.819. The lowest BCUT2D eigenvalue weighted by Gasteiger charge is -2.29. The summed E-state index contributed by atoms with van der Waals surface area (Å²) in [5.41, 5.74) is 1.41. The molecular formula is C18H28N6O2. The van der Waals surface area contributed by atoms with Crippen molar-refractivity contribution in [3.8, 4) is 0 Å². The van der Waals surface area contributed by atoms with Crippen LogP contribution in [0, 0.1) is 0 Å². The number of fused-ring (bicyclic) bond motifs is 1.